The third-order valence-electron chi connectivity index (χ3n) is 3.54. The van der Waals surface area contributed by atoms with Crippen molar-refractivity contribution in [3.63, 3.8) is 0 Å². The molecule has 0 unspecified atom stereocenters. The van der Waals surface area contributed by atoms with Crippen LogP contribution in [0.25, 0.3) is 0 Å². The number of halogens is 2. The lowest BCUT2D eigenvalue weighted by atomic mass is 9.89. The van der Waals surface area contributed by atoms with E-state index in [1.807, 2.05) is 0 Å². The predicted molar refractivity (Wildman–Crippen MR) is 75.8 cm³/mol. The summed E-state index contributed by atoms with van der Waals surface area (Å²) < 4.78 is 13.6. The van der Waals surface area contributed by atoms with E-state index in [1.165, 1.54) is 25.3 Å². The molecule has 1 fully saturated rings. The number of nitrogens with one attached hydrogen (secondary N) is 1. The molecule has 0 aliphatic heterocycles. The molecule has 2 rings (SSSR count). The molecule has 0 spiro atoms. The molecule has 1 aromatic carbocycles. The summed E-state index contributed by atoms with van der Waals surface area (Å²) in [7, 11) is 0. The number of nitro groups is 1. The third-order valence-corrected chi connectivity index (χ3v) is 4.15. The Labute approximate surface area is 119 Å². The van der Waals surface area contributed by atoms with Gasteiger partial charge < -0.3 is 5.32 Å². The maximum Gasteiger partial charge on any atom is 0.295 e. The first-order valence-electron chi connectivity index (χ1n) is 6.45. The van der Waals surface area contributed by atoms with Gasteiger partial charge in [0.2, 0.25) is 0 Å². The summed E-state index contributed by atoms with van der Waals surface area (Å²) in [6, 6.07) is 2.39. The molecule has 19 heavy (non-hydrogen) atoms. The van der Waals surface area contributed by atoms with Gasteiger partial charge in [-0.2, -0.15) is 0 Å². The molecule has 0 saturated heterocycles. The second kappa shape index (κ2) is 6.32. The molecule has 1 aliphatic rings. The molecule has 0 heterocycles. The fraction of sp³-hybridized carbons (Fsp3) is 0.538. The first-order valence-corrected chi connectivity index (χ1v) is 7.24. The maximum absolute atomic E-state index is 13.3. The largest absolute Gasteiger partial charge is 0.379 e. The molecule has 0 bridgehead atoms. The summed E-state index contributed by atoms with van der Waals surface area (Å²) in [5, 5.41) is 14.0. The van der Waals surface area contributed by atoms with Crippen LogP contribution in [-0.4, -0.2) is 11.5 Å². The lowest BCUT2D eigenvalue weighted by Crippen LogP contribution is -2.17. The molecule has 1 aliphatic carbocycles. The van der Waals surface area contributed by atoms with Gasteiger partial charge in [0, 0.05) is 6.54 Å². The van der Waals surface area contributed by atoms with Gasteiger partial charge in [0.05, 0.1) is 15.5 Å². The van der Waals surface area contributed by atoms with E-state index < -0.39 is 10.7 Å². The van der Waals surface area contributed by atoms with Crippen LogP contribution < -0.4 is 5.32 Å². The van der Waals surface area contributed by atoms with Crippen molar-refractivity contribution in [1.29, 1.82) is 0 Å². The van der Waals surface area contributed by atoms with Gasteiger partial charge in [-0.05, 0) is 40.8 Å². The van der Waals surface area contributed by atoms with E-state index in [0.717, 1.165) is 18.9 Å². The second-order valence-corrected chi connectivity index (χ2v) is 5.78. The van der Waals surface area contributed by atoms with Crippen LogP contribution in [0, 0.1) is 21.8 Å². The Morgan fingerprint density at radius 1 is 1.37 bits per heavy atom. The monoisotopic (exact) mass is 330 g/mol. The zero-order valence-corrected chi connectivity index (χ0v) is 12.1. The Hall–Kier alpha value is -1.17. The van der Waals surface area contributed by atoms with E-state index in [-0.39, 0.29) is 10.2 Å². The molecule has 0 atom stereocenters. The van der Waals surface area contributed by atoms with Crippen LogP contribution in [0.15, 0.2) is 16.6 Å². The number of anilines is 1. The zero-order valence-electron chi connectivity index (χ0n) is 10.5. The van der Waals surface area contributed by atoms with Crippen LogP contribution in [0.2, 0.25) is 0 Å². The minimum atomic E-state index is -0.616. The highest BCUT2D eigenvalue weighted by atomic mass is 79.9. The van der Waals surface area contributed by atoms with Crippen molar-refractivity contribution in [2.75, 3.05) is 11.9 Å². The molecule has 0 amide bonds. The Morgan fingerprint density at radius 3 is 2.68 bits per heavy atom. The molecule has 0 aromatic heterocycles. The average molecular weight is 331 g/mol. The van der Waals surface area contributed by atoms with Gasteiger partial charge in [-0.3, -0.25) is 10.1 Å². The van der Waals surface area contributed by atoms with Gasteiger partial charge in [0.1, 0.15) is 11.5 Å². The predicted octanol–water partition coefficient (Wildman–Crippen LogP) is 4.49. The molecular weight excluding hydrogens is 315 g/mol. The SMILES string of the molecule is O=[N+]([O-])c1cc(F)c(Br)cc1NCC1CCCCC1. The Kier molecular flexibility index (Phi) is 4.74. The summed E-state index contributed by atoms with van der Waals surface area (Å²) in [5.41, 5.74) is 0.167. The number of nitrogens with zero attached hydrogens (tertiary/aromatic N) is 1. The van der Waals surface area contributed by atoms with Crippen LogP contribution >= 0.6 is 15.9 Å². The van der Waals surface area contributed by atoms with E-state index in [2.05, 4.69) is 21.2 Å². The fourth-order valence-corrected chi connectivity index (χ4v) is 2.82. The van der Waals surface area contributed by atoms with Crippen molar-refractivity contribution in [3.05, 3.63) is 32.5 Å². The van der Waals surface area contributed by atoms with E-state index in [4.69, 9.17) is 0 Å². The minimum absolute atomic E-state index is 0.212. The van der Waals surface area contributed by atoms with Crippen LogP contribution in [-0.2, 0) is 0 Å². The fourth-order valence-electron chi connectivity index (χ4n) is 2.47. The highest BCUT2D eigenvalue weighted by Crippen LogP contribution is 2.31. The van der Waals surface area contributed by atoms with Gasteiger partial charge in [-0.1, -0.05) is 19.3 Å². The smallest absolute Gasteiger partial charge is 0.295 e. The van der Waals surface area contributed by atoms with Gasteiger partial charge in [-0.25, -0.2) is 4.39 Å². The topological polar surface area (TPSA) is 55.2 Å². The van der Waals surface area contributed by atoms with Gasteiger partial charge in [0.15, 0.2) is 0 Å². The Bertz CT molecular complexity index is 476. The van der Waals surface area contributed by atoms with Crippen LogP contribution in [0.1, 0.15) is 32.1 Å². The highest BCUT2D eigenvalue weighted by molar-refractivity contribution is 9.10. The number of benzene rings is 1. The summed E-state index contributed by atoms with van der Waals surface area (Å²) in [6.07, 6.45) is 6.04. The summed E-state index contributed by atoms with van der Waals surface area (Å²) in [6.45, 7) is 0.707. The quantitative estimate of drug-likeness (QED) is 0.653. The molecule has 4 nitrogen and oxygen atoms in total. The number of hydrogen-bond donors (Lipinski definition) is 1. The van der Waals surface area contributed by atoms with E-state index in [0.29, 0.717) is 18.2 Å². The minimum Gasteiger partial charge on any atom is -0.379 e. The summed E-state index contributed by atoms with van der Waals surface area (Å²) >= 11 is 3.06. The maximum atomic E-state index is 13.3. The van der Waals surface area contributed by atoms with Crippen LogP contribution in [0.4, 0.5) is 15.8 Å². The van der Waals surface area contributed by atoms with E-state index in [1.54, 1.807) is 0 Å². The standard InChI is InChI=1S/C13H16BrFN2O2/c14-10-6-12(13(17(18)19)7-11(10)15)16-8-9-4-2-1-3-5-9/h6-7,9,16H,1-5,8H2. The lowest BCUT2D eigenvalue weighted by molar-refractivity contribution is -0.384. The van der Waals surface area contributed by atoms with E-state index in [9.17, 15) is 14.5 Å². The highest BCUT2D eigenvalue weighted by Gasteiger charge is 2.19. The first kappa shape index (κ1) is 14.2. The van der Waals surface area contributed by atoms with Gasteiger partial charge in [-0.15, -0.1) is 0 Å². The summed E-state index contributed by atoms with van der Waals surface area (Å²) in [5.74, 6) is -0.0629. The Balaban J connectivity index is 2.09. The average Bonchev–Trinajstić information content (AvgIpc) is 2.40. The van der Waals surface area contributed by atoms with Crippen molar-refractivity contribution in [1.82, 2.24) is 0 Å². The molecule has 0 radical (unpaired) electrons. The number of hydrogen-bond acceptors (Lipinski definition) is 3. The lowest BCUT2D eigenvalue weighted by Gasteiger charge is -2.22. The molecule has 1 aromatic rings. The molecular formula is C13H16BrFN2O2. The number of rotatable bonds is 4. The third kappa shape index (κ3) is 3.65. The van der Waals surface area contributed by atoms with Crippen molar-refractivity contribution in [2.24, 2.45) is 5.92 Å². The molecule has 6 heteroatoms. The van der Waals surface area contributed by atoms with Crippen LogP contribution in [0.5, 0.6) is 0 Å². The van der Waals surface area contributed by atoms with Crippen molar-refractivity contribution in [2.45, 2.75) is 32.1 Å². The molecule has 1 N–H and O–H groups in total. The first-order chi connectivity index (χ1) is 9.08. The van der Waals surface area contributed by atoms with Crippen molar-refractivity contribution in [3.8, 4) is 0 Å². The number of nitro benzene ring substituents is 1. The molecule has 1 saturated carbocycles. The van der Waals surface area contributed by atoms with Crippen molar-refractivity contribution >= 4 is 27.3 Å². The van der Waals surface area contributed by atoms with Crippen molar-refractivity contribution < 1.29 is 9.31 Å². The van der Waals surface area contributed by atoms with Gasteiger partial charge in [0.25, 0.3) is 5.69 Å². The molecule has 104 valence electrons. The van der Waals surface area contributed by atoms with E-state index >= 15 is 0 Å². The Morgan fingerprint density at radius 2 is 2.05 bits per heavy atom. The van der Waals surface area contributed by atoms with Gasteiger partial charge >= 0.3 is 0 Å². The zero-order chi connectivity index (χ0) is 13.8. The second-order valence-electron chi connectivity index (χ2n) is 4.93. The van der Waals surface area contributed by atoms with Crippen LogP contribution in [0.3, 0.4) is 0 Å². The summed E-state index contributed by atoms with van der Waals surface area (Å²) in [4.78, 5) is 10.4. The normalized spacial score (nSPS) is 16.3.